The summed E-state index contributed by atoms with van der Waals surface area (Å²) in [5.41, 5.74) is 5.41. The van der Waals surface area contributed by atoms with Gasteiger partial charge in [-0.2, -0.15) is 0 Å². The largest absolute Gasteiger partial charge is 0.395 e. The summed E-state index contributed by atoms with van der Waals surface area (Å²) in [4.78, 5) is -0.339. The van der Waals surface area contributed by atoms with Crippen LogP contribution in [0.4, 0.5) is 14.5 Å². The van der Waals surface area contributed by atoms with Crippen molar-refractivity contribution >= 4 is 15.7 Å². The van der Waals surface area contributed by atoms with Gasteiger partial charge in [0.05, 0.1) is 5.69 Å². The van der Waals surface area contributed by atoms with Gasteiger partial charge in [0.2, 0.25) is 10.0 Å². The molecule has 0 spiro atoms. The summed E-state index contributed by atoms with van der Waals surface area (Å²) in [6, 6.07) is 9.02. The number of para-hydroxylation sites is 1. The van der Waals surface area contributed by atoms with Gasteiger partial charge in [-0.15, -0.1) is 0 Å². The summed E-state index contributed by atoms with van der Waals surface area (Å²) in [6.45, 7) is -0.115. The highest BCUT2D eigenvalue weighted by atomic mass is 32.2. The number of anilines is 1. The number of nitrogens with two attached hydrogens (primary N) is 1. The Balaban J connectivity index is 2.22. The Morgan fingerprint density at radius 1 is 1.10 bits per heavy atom. The minimum atomic E-state index is -3.96. The molecule has 2 aromatic rings. The molecular weight excluding hydrogens is 286 g/mol. The summed E-state index contributed by atoms with van der Waals surface area (Å²) in [5.74, 6) is -1.27. The van der Waals surface area contributed by atoms with Crippen LogP contribution in [0, 0.1) is 11.6 Å². The van der Waals surface area contributed by atoms with Gasteiger partial charge in [0, 0.05) is 6.54 Å². The van der Waals surface area contributed by atoms with Gasteiger partial charge in [0.25, 0.3) is 0 Å². The molecule has 0 radical (unpaired) electrons. The lowest BCUT2D eigenvalue weighted by atomic mass is 10.2. The van der Waals surface area contributed by atoms with E-state index >= 15 is 0 Å². The van der Waals surface area contributed by atoms with E-state index in [0.29, 0.717) is 5.56 Å². The lowest BCUT2D eigenvalue weighted by molar-refractivity contribution is 0.578. The van der Waals surface area contributed by atoms with E-state index in [9.17, 15) is 17.2 Å². The summed E-state index contributed by atoms with van der Waals surface area (Å²) in [5, 5.41) is 0. The fourth-order valence-corrected chi connectivity index (χ4v) is 2.81. The minimum absolute atomic E-state index is 0.115. The van der Waals surface area contributed by atoms with Gasteiger partial charge >= 0.3 is 0 Å². The van der Waals surface area contributed by atoms with Crippen LogP contribution in [0.5, 0.6) is 0 Å². The molecule has 0 fully saturated rings. The third kappa shape index (κ3) is 3.12. The molecular formula is C13H12F2N2O2S. The van der Waals surface area contributed by atoms with Gasteiger partial charge in [-0.3, -0.25) is 0 Å². The summed E-state index contributed by atoms with van der Waals surface area (Å²) in [6.07, 6.45) is 0. The van der Waals surface area contributed by atoms with Crippen LogP contribution < -0.4 is 10.5 Å². The Morgan fingerprint density at radius 3 is 2.50 bits per heavy atom. The maximum Gasteiger partial charge on any atom is 0.243 e. The van der Waals surface area contributed by atoms with Crippen LogP contribution in [-0.4, -0.2) is 8.42 Å². The van der Waals surface area contributed by atoms with Crippen molar-refractivity contribution in [1.29, 1.82) is 0 Å². The van der Waals surface area contributed by atoms with Crippen LogP contribution in [0.15, 0.2) is 47.4 Å². The molecule has 0 saturated carbocycles. The average Bonchev–Trinajstić information content (AvgIpc) is 2.40. The molecule has 0 aromatic heterocycles. The van der Waals surface area contributed by atoms with Gasteiger partial charge in [0.15, 0.2) is 0 Å². The van der Waals surface area contributed by atoms with Gasteiger partial charge in [-0.25, -0.2) is 21.9 Å². The second-order valence-electron chi connectivity index (χ2n) is 4.11. The zero-order valence-electron chi connectivity index (χ0n) is 10.3. The number of benzene rings is 2. The van der Waals surface area contributed by atoms with Crippen molar-refractivity contribution in [3.05, 3.63) is 59.7 Å². The van der Waals surface area contributed by atoms with E-state index in [4.69, 9.17) is 5.73 Å². The molecule has 3 N–H and O–H groups in total. The first kappa shape index (κ1) is 14.4. The summed E-state index contributed by atoms with van der Waals surface area (Å²) >= 11 is 0. The first-order chi connectivity index (χ1) is 9.40. The Labute approximate surface area is 115 Å². The molecule has 2 rings (SSSR count). The topological polar surface area (TPSA) is 72.2 Å². The number of sulfonamides is 1. The van der Waals surface area contributed by atoms with E-state index < -0.39 is 27.3 Å². The molecule has 0 aliphatic carbocycles. The van der Waals surface area contributed by atoms with Crippen LogP contribution in [-0.2, 0) is 16.6 Å². The van der Waals surface area contributed by atoms with E-state index in [1.807, 2.05) is 0 Å². The van der Waals surface area contributed by atoms with Crippen molar-refractivity contribution < 1.29 is 17.2 Å². The van der Waals surface area contributed by atoms with Gasteiger partial charge in [-0.05, 0) is 29.8 Å². The third-order valence-electron chi connectivity index (χ3n) is 2.66. The van der Waals surface area contributed by atoms with Crippen molar-refractivity contribution in [3.63, 3.8) is 0 Å². The molecule has 0 aliphatic heterocycles. The molecule has 0 amide bonds. The van der Waals surface area contributed by atoms with Crippen LogP contribution in [0.1, 0.15) is 5.56 Å². The fourth-order valence-electron chi connectivity index (χ4n) is 1.65. The Hall–Kier alpha value is -1.99. The molecule has 0 bridgehead atoms. The number of halogens is 2. The van der Waals surface area contributed by atoms with E-state index in [1.54, 1.807) is 6.07 Å². The van der Waals surface area contributed by atoms with Crippen molar-refractivity contribution in [3.8, 4) is 0 Å². The number of rotatable bonds is 4. The minimum Gasteiger partial charge on any atom is -0.395 e. The number of nitrogens with one attached hydrogen (secondary N) is 1. The van der Waals surface area contributed by atoms with Crippen molar-refractivity contribution in [2.75, 3.05) is 5.73 Å². The van der Waals surface area contributed by atoms with Crippen LogP contribution >= 0.6 is 0 Å². The molecule has 0 aliphatic rings. The molecule has 20 heavy (non-hydrogen) atoms. The predicted octanol–water partition coefficient (Wildman–Crippen LogP) is 2.03. The zero-order chi connectivity index (χ0) is 14.8. The molecule has 0 heterocycles. The lowest BCUT2D eigenvalue weighted by Gasteiger charge is -2.09. The van der Waals surface area contributed by atoms with E-state index in [-0.39, 0.29) is 11.4 Å². The van der Waals surface area contributed by atoms with Crippen molar-refractivity contribution in [1.82, 2.24) is 4.72 Å². The van der Waals surface area contributed by atoms with Gasteiger partial charge in [0.1, 0.15) is 16.5 Å². The normalized spacial score (nSPS) is 11.5. The highest BCUT2D eigenvalue weighted by Gasteiger charge is 2.19. The smallest absolute Gasteiger partial charge is 0.243 e. The molecule has 106 valence electrons. The highest BCUT2D eigenvalue weighted by Crippen LogP contribution is 2.21. The molecule has 0 atom stereocenters. The first-order valence-electron chi connectivity index (χ1n) is 5.68. The highest BCUT2D eigenvalue weighted by molar-refractivity contribution is 7.89. The first-order valence-corrected chi connectivity index (χ1v) is 7.16. The molecule has 4 nitrogen and oxygen atoms in total. The van der Waals surface area contributed by atoms with Crippen LogP contribution in [0.2, 0.25) is 0 Å². The fraction of sp³-hybridized carbons (Fsp3) is 0.0769. The van der Waals surface area contributed by atoms with Gasteiger partial charge in [-0.1, -0.05) is 18.2 Å². The Morgan fingerprint density at radius 2 is 1.80 bits per heavy atom. The van der Waals surface area contributed by atoms with Crippen LogP contribution in [0.25, 0.3) is 0 Å². The second-order valence-corrected chi connectivity index (χ2v) is 5.84. The van der Waals surface area contributed by atoms with Crippen molar-refractivity contribution in [2.24, 2.45) is 0 Å². The molecule has 7 heteroatoms. The quantitative estimate of drug-likeness (QED) is 0.848. The maximum atomic E-state index is 13.3. The number of hydrogen-bond donors (Lipinski definition) is 2. The van der Waals surface area contributed by atoms with E-state index in [2.05, 4.69) is 4.72 Å². The summed E-state index contributed by atoms with van der Waals surface area (Å²) in [7, 11) is -3.96. The Bertz CT molecular complexity index is 733. The Kier molecular flexibility index (Phi) is 4.01. The monoisotopic (exact) mass is 298 g/mol. The standard InChI is InChI=1S/C13H12F2N2O2S/c14-10-4-1-3-9(7-10)8-17-20(18,19)12-6-2-5-11(15)13(12)16/h1-7,17H,8,16H2. The van der Waals surface area contributed by atoms with E-state index in [0.717, 1.165) is 6.07 Å². The molecule has 0 unspecified atom stereocenters. The van der Waals surface area contributed by atoms with Gasteiger partial charge < -0.3 is 5.73 Å². The predicted molar refractivity (Wildman–Crippen MR) is 71.2 cm³/mol. The zero-order valence-corrected chi connectivity index (χ0v) is 11.1. The number of hydrogen-bond acceptors (Lipinski definition) is 3. The SMILES string of the molecule is Nc1c(F)cccc1S(=O)(=O)NCc1cccc(F)c1. The molecule has 0 saturated heterocycles. The van der Waals surface area contributed by atoms with Crippen molar-refractivity contribution in [2.45, 2.75) is 11.4 Å². The third-order valence-corrected chi connectivity index (χ3v) is 4.12. The lowest BCUT2D eigenvalue weighted by Crippen LogP contribution is -2.24. The average molecular weight is 298 g/mol. The van der Waals surface area contributed by atoms with Crippen LogP contribution in [0.3, 0.4) is 0 Å². The second kappa shape index (κ2) is 5.56. The summed E-state index contributed by atoms with van der Waals surface area (Å²) < 4.78 is 52.5. The number of nitrogen functional groups attached to an aromatic ring is 1. The molecule has 2 aromatic carbocycles. The maximum absolute atomic E-state index is 13.3. The van der Waals surface area contributed by atoms with E-state index in [1.165, 1.54) is 30.3 Å².